The molecule has 47 heavy (non-hydrogen) atoms. The summed E-state index contributed by atoms with van der Waals surface area (Å²) in [5.41, 5.74) is 21.7. The fourth-order valence-corrected chi connectivity index (χ4v) is 4.38. The summed E-state index contributed by atoms with van der Waals surface area (Å²) in [5.74, 6) is 0.125. The van der Waals surface area contributed by atoms with E-state index < -0.39 is 0 Å². The zero-order chi connectivity index (χ0) is 34.8. The molecule has 1 unspecified atom stereocenters. The second-order valence-electron chi connectivity index (χ2n) is 12.0. The van der Waals surface area contributed by atoms with E-state index in [1.807, 2.05) is 81.4 Å². The van der Waals surface area contributed by atoms with Gasteiger partial charge in [0, 0.05) is 23.4 Å². The molecule has 0 aliphatic rings. The fourth-order valence-electron chi connectivity index (χ4n) is 4.38. The first kappa shape index (κ1) is 38.5. The molecule has 0 amide bonds. The molecule has 0 bridgehead atoms. The van der Waals surface area contributed by atoms with Crippen LogP contribution in [0.4, 0.5) is 0 Å². The van der Waals surface area contributed by atoms with Crippen LogP contribution in [0.5, 0.6) is 0 Å². The molecule has 246 valence electrons. The Balaban J connectivity index is 0.000000229. The molecule has 0 heterocycles. The third-order valence-corrected chi connectivity index (χ3v) is 7.53. The number of hydrogen-bond donors (Lipinski definition) is 2. The average molecular weight is 628 g/mol. The Morgan fingerprint density at radius 3 is 1.19 bits per heavy atom. The molecule has 0 aliphatic carbocycles. The van der Waals surface area contributed by atoms with Crippen molar-refractivity contribution in [3.63, 3.8) is 0 Å². The fraction of sp³-hybridized carbons (Fsp3) is 0.256. The Morgan fingerprint density at radius 1 is 0.489 bits per heavy atom. The van der Waals surface area contributed by atoms with Gasteiger partial charge in [-0.25, -0.2) is 0 Å². The Bertz CT molecular complexity index is 1610. The maximum absolute atomic E-state index is 10.8. The summed E-state index contributed by atoms with van der Waals surface area (Å²) in [5, 5.41) is 0. The number of hydrogen-bond acceptors (Lipinski definition) is 4. The van der Waals surface area contributed by atoms with Crippen molar-refractivity contribution in [1.82, 2.24) is 0 Å². The molecule has 0 radical (unpaired) electrons. The zero-order valence-corrected chi connectivity index (χ0v) is 29.4. The molecule has 0 saturated carbocycles. The maximum Gasteiger partial charge on any atom is 0.159 e. The summed E-state index contributed by atoms with van der Waals surface area (Å²) in [6.45, 7) is 15.9. The maximum atomic E-state index is 10.8. The number of ketones is 1. The van der Waals surface area contributed by atoms with Gasteiger partial charge in [-0.1, -0.05) is 150 Å². The average Bonchev–Trinajstić information content (AvgIpc) is 3.07. The molecule has 0 aliphatic heterocycles. The number of carbonyl (C=O) groups is 1. The largest absolute Gasteiger partial charge is 0.324 e. The zero-order valence-electron chi connectivity index (χ0n) is 29.4. The standard InChI is InChI=1S/C17H19N.C9H13N.C9H10O.C8H11N/c1-13-9-11-17(12-10-13)15(3)18-14(2)16-7-5-4-6-8-16;2*1-7-3-5-9(6-4-7)8(2)10;1-7(9)8-5-3-2-4-6-8/h4-12,14H,1-3H3;3-6,8H,10H2,1-2H3;3-6H,1-2H3;2-7H,9H2,1H3/t14-;;;7-/m1..1/s1. The number of benzene rings is 5. The summed E-state index contributed by atoms with van der Waals surface area (Å²) in [6, 6.07) is 45.4. The van der Waals surface area contributed by atoms with Crippen molar-refractivity contribution in [2.24, 2.45) is 16.5 Å². The van der Waals surface area contributed by atoms with Gasteiger partial charge in [0.25, 0.3) is 0 Å². The van der Waals surface area contributed by atoms with E-state index in [0.717, 1.165) is 11.3 Å². The van der Waals surface area contributed by atoms with Crippen LogP contribution >= 0.6 is 0 Å². The normalized spacial score (nSPS) is 12.4. The third-order valence-electron chi connectivity index (χ3n) is 7.53. The molecule has 0 fully saturated rings. The predicted octanol–water partition coefficient (Wildman–Crippen LogP) is 10.5. The molecule has 4 N–H and O–H groups in total. The van der Waals surface area contributed by atoms with Crippen LogP contribution in [0.15, 0.2) is 138 Å². The van der Waals surface area contributed by atoms with Gasteiger partial charge >= 0.3 is 0 Å². The van der Waals surface area contributed by atoms with Crippen molar-refractivity contribution in [2.75, 3.05) is 0 Å². The van der Waals surface area contributed by atoms with Crippen molar-refractivity contribution < 1.29 is 4.79 Å². The molecule has 0 saturated heterocycles. The van der Waals surface area contributed by atoms with Crippen LogP contribution in [-0.4, -0.2) is 11.5 Å². The van der Waals surface area contributed by atoms with Gasteiger partial charge in [-0.05, 0) is 77.6 Å². The van der Waals surface area contributed by atoms with Crippen LogP contribution in [-0.2, 0) is 0 Å². The molecule has 0 aromatic heterocycles. The number of rotatable bonds is 6. The highest BCUT2D eigenvalue weighted by molar-refractivity contribution is 5.98. The molecular formula is C43H53N3O. The van der Waals surface area contributed by atoms with Gasteiger partial charge in [0.1, 0.15) is 0 Å². The first-order valence-electron chi connectivity index (χ1n) is 16.2. The second kappa shape index (κ2) is 20.5. The molecule has 3 atom stereocenters. The molecule has 4 nitrogen and oxygen atoms in total. The Labute approximate surface area is 283 Å². The van der Waals surface area contributed by atoms with Crippen LogP contribution in [0.1, 0.15) is 102 Å². The Morgan fingerprint density at radius 2 is 0.830 bits per heavy atom. The van der Waals surface area contributed by atoms with E-state index >= 15 is 0 Å². The lowest BCUT2D eigenvalue weighted by molar-refractivity contribution is 0.101. The number of Topliss-reactive ketones (excluding diaryl/α,β-unsaturated/α-hetero) is 1. The highest BCUT2D eigenvalue weighted by Crippen LogP contribution is 2.18. The smallest absolute Gasteiger partial charge is 0.159 e. The van der Waals surface area contributed by atoms with Crippen molar-refractivity contribution in [3.05, 3.63) is 178 Å². The molecule has 5 aromatic rings. The quantitative estimate of drug-likeness (QED) is 0.145. The first-order valence-corrected chi connectivity index (χ1v) is 16.2. The van der Waals surface area contributed by atoms with E-state index in [4.69, 9.17) is 16.5 Å². The van der Waals surface area contributed by atoms with Gasteiger partial charge < -0.3 is 11.5 Å². The van der Waals surface area contributed by atoms with Crippen molar-refractivity contribution in [1.29, 1.82) is 0 Å². The van der Waals surface area contributed by atoms with Crippen LogP contribution in [0.2, 0.25) is 0 Å². The van der Waals surface area contributed by atoms with Crippen LogP contribution in [0.25, 0.3) is 0 Å². The molecule has 4 heteroatoms. The Hall–Kier alpha value is -4.64. The molecule has 0 spiro atoms. The molecular weight excluding hydrogens is 574 g/mol. The molecule has 5 aromatic carbocycles. The lowest BCUT2D eigenvalue weighted by Crippen LogP contribution is -2.04. The van der Waals surface area contributed by atoms with E-state index in [2.05, 4.69) is 100 Å². The second-order valence-corrected chi connectivity index (χ2v) is 12.0. The number of aliphatic imine (C=N–C) groups is 1. The third kappa shape index (κ3) is 15.0. The van der Waals surface area contributed by atoms with Gasteiger partial charge in [0.05, 0.1) is 6.04 Å². The van der Waals surface area contributed by atoms with Gasteiger partial charge in [-0.2, -0.15) is 0 Å². The number of nitrogens with zero attached hydrogens (tertiary/aromatic N) is 1. The summed E-state index contributed by atoms with van der Waals surface area (Å²) < 4.78 is 0. The van der Waals surface area contributed by atoms with Crippen molar-refractivity contribution >= 4 is 11.5 Å². The van der Waals surface area contributed by atoms with E-state index in [1.54, 1.807) is 6.92 Å². The van der Waals surface area contributed by atoms with E-state index in [0.29, 0.717) is 0 Å². The van der Waals surface area contributed by atoms with E-state index in [9.17, 15) is 4.79 Å². The minimum atomic E-state index is 0.125. The minimum absolute atomic E-state index is 0.125. The minimum Gasteiger partial charge on any atom is -0.324 e. The van der Waals surface area contributed by atoms with Crippen LogP contribution in [0, 0.1) is 20.8 Å². The number of aryl methyl sites for hydroxylation is 3. The van der Waals surface area contributed by atoms with Gasteiger partial charge in [-0.15, -0.1) is 0 Å². The molecule has 5 rings (SSSR count). The van der Waals surface area contributed by atoms with Crippen molar-refractivity contribution in [2.45, 2.75) is 73.5 Å². The highest BCUT2D eigenvalue weighted by atomic mass is 16.1. The predicted molar refractivity (Wildman–Crippen MR) is 202 cm³/mol. The summed E-state index contributed by atoms with van der Waals surface area (Å²) in [4.78, 5) is 15.5. The SMILES string of the molecule is CC(=N[C@H](C)c1ccccc1)c1ccc(C)cc1.CC(=O)c1ccc(C)cc1.C[C@@H](N)c1ccccc1.Cc1ccc(C(C)N)cc1. The summed E-state index contributed by atoms with van der Waals surface area (Å²) in [7, 11) is 0. The number of nitrogens with two attached hydrogens (primary N) is 2. The Kier molecular flexibility index (Phi) is 16.8. The van der Waals surface area contributed by atoms with Crippen LogP contribution in [0.3, 0.4) is 0 Å². The monoisotopic (exact) mass is 627 g/mol. The number of carbonyl (C=O) groups excluding carboxylic acids is 1. The van der Waals surface area contributed by atoms with Gasteiger partial charge in [-0.3, -0.25) is 9.79 Å². The summed E-state index contributed by atoms with van der Waals surface area (Å²) >= 11 is 0. The van der Waals surface area contributed by atoms with Crippen molar-refractivity contribution in [3.8, 4) is 0 Å². The van der Waals surface area contributed by atoms with E-state index in [1.165, 1.54) is 38.9 Å². The van der Waals surface area contributed by atoms with Gasteiger partial charge in [0.15, 0.2) is 5.78 Å². The van der Waals surface area contributed by atoms with E-state index in [-0.39, 0.29) is 23.9 Å². The van der Waals surface area contributed by atoms with Crippen LogP contribution < -0.4 is 11.5 Å². The topological polar surface area (TPSA) is 81.5 Å². The first-order chi connectivity index (χ1) is 22.4. The lowest BCUT2D eigenvalue weighted by Gasteiger charge is -2.09. The highest BCUT2D eigenvalue weighted by Gasteiger charge is 2.04. The lowest BCUT2D eigenvalue weighted by atomic mass is 10.1. The van der Waals surface area contributed by atoms with Gasteiger partial charge in [0.2, 0.25) is 0 Å². The summed E-state index contributed by atoms with van der Waals surface area (Å²) in [6.07, 6.45) is 0.